The Hall–Kier alpha value is -2.89. The van der Waals surface area contributed by atoms with Crippen molar-refractivity contribution >= 4 is 23.3 Å². The SMILES string of the molecule is CC(=O)c1cc(C(=O)OCC(=O)N2CCCc3ccccc32)n(C)c1. The first-order valence-electron chi connectivity index (χ1n) is 8.20. The lowest BCUT2D eigenvalue weighted by Gasteiger charge is -2.29. The molecule has 2 heterocycles. The summed E-state index contributed by atoms with van der Waals surface area (Å²) in [6, 6.07) is 9.24. The Labute approximate surface area is 146 Å². The Bertz CT molecular complexity index is 838. The number of ether oxygens (including phenoxy) is 1. The van der Waals surface area contributed by atoms with Gasteiger partial charge in [0.25, 0.3) is 5.91 Å². The van der Waals surface area contributed by atoms with E-state index in [4.69, 9.17) is 4.74 Å². The number of nitrogens with zero attached hydrogens (tertiary/aromatic N) is 2. The van der Waals surface area contributed by atoms with Crippen molar-refractivity contribution in [3.05, 3.63) is 53.3 Å². The molecule has 0 saturated carbocycles. The number of rotatable bonds is 4. The van der Waals surface area contributed by atoms with Crippen LogP contribution >= 0.6 is 0 Å². The van der Waals surface area contributed by atoms with Crippen LogP contribution in [-0.2, 0) is 23.0 Å². The Kier molecular flexibility index (Phi) is 4.70. The highest BCUT2D eigenvalue weighted by molar-refractivity contribution is 5.99. The highest BCUT2D eigenvalue weighted by Gasteiger charge is 2.24. The molecule has 0 N–H and O–H groups in total. The number of aryl methyl sites for hydroxylation is 2. The van der Waals surface area contributed by atoms with Crippen molar-refractivity contribution in [1.82, 2.24) is 4.57 Å². The first-order chi connectivity index (χ1) is 12.0. The molecular weight excluding hydrogens is 320 g/mol. The van der Waals surface area contributed by atoms with E-state index in [1.54, 1.807) is 18.1 Å². The summed E-state index contributed by atoms with van der Waals surface area (Å²) in [6.45, 7) is 1.72. The van der Waals surface area contributed by atoms with Crippen molar-refractivity contribution in [2.75, 3.05) is 18.1 Å². The summed E-state index contributed by atoms with van der Waals surface area (Å²) < 4.78 is 6.70. The molecule has 25 heavy (non-hydrogen) atoms. The fraction of sp³-hybridized carbons (Fsp3) is 0.316. The minimum Gasteiger partial charge on any atom is -0.451 e. The third-order valence-corrected chi connectivity index (χ3v) is 4.36. The first-order valence-corrected chi connectivity index (χ1v) is 8.20. The number of ketones is 1. The van der Waals surface area contributed by atoms with Gasteiger partial charge in [-0.15, -0.1) is 0 Å². The van der Waals surface area contributed by atoms with Crippen LogP contribution < -0.4 is 4.90 Å². The van der Waals surface area contributed by atoms with Crippen molar-refractivity contribution in [3.63, 3.8) is 0 Å². The second-order valence-electron chi connectivity index (χ2n) is 6.13. The smallest absolute Gasteiger partial charge is 0.355 e. The van der Waals surface area contributed by atoms with Gasteiger partial charge in [-0.05, 0) is 37.5 Å². The number of fused-ring (bicyclic) bond motifs is 1. The third kappa shape index (κ3) is 3.47. The quantitative estimate of drug-likeness (QED) is 0.633. The molecule has 3 rings (SSSR count). The average molecular weight is 340 g/mol. The lowest BCUT2D eigenvalue weighted by Crippen LogP contribution is -2.38. The largest absolute Gasteiger partial charge is 0.451 e. The van der Waals surface area contributed by atoms with Crippen LogP contribution in [0.5, 0.6) is 0 Å². The van der Waals surface area contributed by atoms with Crippen LogP contribution in [0.4, 0.5) is 5.69 Å². The summed E-state index contributed by atoms with van der Waals surface area (Å²) in [4.78, 5) is 37.8. The van der Waals surface area contributed by atoms with Gasteiger partial charge in [0.15, 0.2) is 12.4 Å². The van der Waals surface area contributed by atoms with Gasteiger partial charge in [-0.1, -0.05) is 18.2 Å². The van der Waals surface area contributed by atoms with Crippen molar-refractivity contribution < 1.29 is 19.1 Å². The predicted molar refractivity (Wildman–Crippen MR) is 92.8 cm³/mol. The number of para-hydroxylation sites is 1. The summed E-state index contributed by atoms with van der Waals surface area (Å²) >= 11 is 0. The number of carbonyl (C=O) groups is 3. The van der Waals surface area contributed by atoms with Crippen LogP contribution in [0.25, 0.3) is 0 Å². The monoisotopic (exact) mass is 340 g/mol. The van der Waals surface area contributed by atoms with E-state index in [1.807, 2.05) is 24.3 Å². The minimum atomic E-state index is -0.617. The molecule has 0 saturated heterocycles. The van der Waals surface area contributed by atoms with Gasteiger partial charge in [0, 0.05) is 31.0 Å². The molecule has 1 aliphatic rings. The zero-order valence-electron chi connectivity index (χ0n) is 14.3. The normalized spacial score (nSPS) is 13.3. The molecule has 0 aliphatic carbocycles. The molecule has 1 aromatic carbocycles. The number of carbonyl (C=O) groups excluding carboxylic acids is 3. The van der Waals surface area contributed by atoms with E-state index in [0.717, 1.165) is 24.1 Å². The van der Waals surface area contributed by atoms with Gasteiger partial charge in [-0.2, -0.15) is 0 Å². The fourth-order valence-electron chi connectivity index (χ4n) is 3.03. The zero-order chi connectivity index (χ0) is 18.0. The van der Waals surface area contributed by atoms with Crippen LogP contribution in [0.1, 0.15) is 39.8 Å². The van der Waals surface area contributed by atoms with Gasteiger partial charge in [0.2, 0.25) is 0 Å². The highest BCUT2D eigenvalue weighted by atomic mass is 16.5. The number of aromatic nitrogens is 1. The van der Waals surface area contributed by atoms with E-state index in [9.17, 15) is 14.4 Å². The molecule has 1 aliphatic heterocycles. The molecule has 1 amide bonds. The molecule has 0 unspecified atom stereocenters. The molecule has 6 nitrogen and oxygen atoms in total. The maximum absolute atomic E-state index is 12.5. The Balaban J connectivity index is 1.67. The van der Waals surface area contributed by atoms with Crippen LogP contribution in [-0.4, -0.2) is 35.4 Å². The number of hydrogen-bond donors (Lipinski definition) is 0. The van der Waals surface area contributed by atoms with E-state index in [2.05, 4.69) is 0 Å². The molecule has 6 heteroatoms. The van der Waals surface area contributed by atoms with E-state index in [0.29, 0.717) is 12.1 Å². The summed E-state index contributed by atoms with van der Waals surface area (Å²) in [5.41, 5.74) is 2.69. The first kappa shape index (κ1) is 17.0. The maximum atomic E-state index is 12.5. The number of amides is 1. The number of esters is 1. The summed E-state index contributed by atoms with van der Waals surface area (Å²) in [7, 11) is 1.66. The summed E-state index contributed by atoms with van der Waals surface area (Å²) in [6.07, 6.45) is 3.40. The van der Waals surface area contributed by atoms with E-state index >= 15 is 0 Å². The number of benzene rings is 1. The topological polar surface area (TPSA) is 68.6 Å². The number of anilines is 1. The molecule has 2 aromatic rings. The van der Waals surface area contributed by atoms with Gasteiger partial charge < -0.3 is 14.2 Å². The van der Waals surface area contributed by atoms with Crippen molar-refractivity contribution in [1.29, 1.82) is 0 Å². The molecule has 0 bridgehead atoms. The maximum Gasteiger partial charge on any atom is 0.355 e. The van der Waals surface area contributed by atoms with Crippen LogP contribution in [0.15, 0.2) is 36.5 Å². The average Bonchev–Trinajstić information content (AvgIpc) is 3.01. The van der Waals surface area contributed by atoms with Gasteiger partial charge in [-0.25, -0.2) is 4.79 Å². The van der Waals surface area contributed by atoms with E-state index < -0.39 is 5.97 Å². The zero-order valence-corrected chi connectivity index (χ0v) is 14.3. The lowest BCUT2D eigenvalue weighted by molar-refractivity contribution is -0.121. The minimum absolute atomic E-state index is 0.129. The fourth-order valence-corrected chi connectivity index (χ4v) is 3.03. The molecule has 0 radical (unpaired) electrons. The lowest BCUT2D eigenvalue weighted by atomic mass is 10.0. The second kappa shape index (κ2) is 6.93. The molecule has 1 aromatic heterocycles. The Morgan fingerprint density at radius 2 is 1.96 bits per heavy atom. The third-order valence-electron chi connectivity index (χ3n) is 4.36. The molecule has 0 atom stereocenters. The van der Waals surface area contributed by atoms with Gasteiger partial charge in [0.1, 0.15) is 5.69 Å². The Morgan fingerprint density at radius 1 is 1.20 bits per heavy atom. The van der Waals surface area contributed by atoms with Gasteiger partial charge in [0.05, 0.1) is 0 Å². The van der Waals surface area contributed by atoms with E-state index in [1.165, 1.54) is 17.6 Å². The standard InChI is InChI=1S/C19H20N2O4/c1-13(22)15-10-17(20(2)11-15)19(24)25-12-18(23)21-9-5-7-14-6-3-4-8-16(14)21/h3-4,6,8,10-11H,5,7,9,12H2,1-2H3. The van der Waals surface area contributed by atoms with Crippen LogP contribution in [0, 0.1) is 0 Å². The number of hydrogen-bond acceptors (Lipinski definition) is 4. The summed E-state index contributed by atoms with van der Waals surface area (Å²) in [5.74, 6) is -0.995. The van der Waals surface area contributed by atoms with Crippen molar-refractivity contribution in [2.24, 2.45) is 7.05 Å². The van der Waals surface area contributed by atoms with Gasteiger partial charge in [-0.3, -0.25) is 9.59 Å². The predicted octanol–water partition coefficient (Wildman–Crippen LogP) is 2.36. The van der Waals surface area contributed by atoms with Crippen molar-refractivity contribution in [3.8, 4) is 0 Å². The van der Waals surface area contributed by atoms with Gasteiger partial charge >= 0.3 is 5.97 Å². The summed E-state index contributed by atoms with van der Waals surface area (Å²) in [5, 5.41) is 0. The van der Waals surface area contributed by atoms with Crippen LogP contribution in [0.2, 0.25) is 0 Å². The molecule has 0 fully saturated rings. The Morgan fingerprint density at radius 3 is 2.68 bits per heavy atom. The highest BCUT2D eigenvalue weighted by Crippen LogP contribution is 2.26. The molecule has 130 valence electrons. The number of Topliss-reactive ketones (excluding diaryl/α,β-unsaturated/α-hetero) is 1. The van der Waals surface area contributed by atoms with Crippen LogP contribution in [0.3, 0.4) is 0 Å². The molecular formula is C19H20N2O4. The van der Waals surface area contributed by atoms with E-state index in [-0.39, 0.29) is 24.0 Å². The second-order valence-corrected chi connectivity index (χ2v) is 6.13. The van der Waals surface area contributed by atoms with Crippen molar-refractivity contribution in [2.45, 2.75) is 19.8 Å². The molecule has 0 spiro atoms.